The van der Waals surface area contributed by atoms with Gasteiger partial charge in [0.05, 0.1) is 12.7 Å². The van der Waals surface area contributed by atoms with E-state index >= 15 is 0 Å². The molecule has 1 fully saturated rings. The highest BCUT2D eigenvalue weighted by atomic mass is 19.4. The van der Waals surface area contributed by atoms with Gasteiger partial charge < -0.3 is 15.4 Å². The fourth-order valence-electron chi connectivity index (χ4n) is 4.03. The second-order valence-corrected chi connectivity index (χ2v) is 8.27. The number of amides is 2. The maximum atomic E-state index is 13.7. The van der Waals surface area contributed by atoms with Crippen molar-refractivity contribution in [2.45, 2.75) is 50.2 Å². The summed E-state index contributed by atoms with van der Waals surface area (Å²) in [4.78, 5) is 24.3. The van der Waals surface area contributed by atoms with E-state index in [0.29, 0.717) is 44.2 Å². The van der Waals surface area contributed by atoms with Crippen LogP contribution < -0.4 is 15.4 Å². The molecule has 9 heteroatoms. The van der Waals surface area contributed by atoms with Crippen molar-refractivity contribution in [3.8, 4) is 5.75 Å². The number of carbonyl (C=O) groups is 2. The minimum Gasteiger partial charge on any atom is -0.494 e. The molecule has 0 radical (unpaired) electrons. The summed E-state index contributed by atoms with van der Waals surface area (Å²) in [6, 6.07) is 9.37. The van der Waals surface area contributed by atoms with E-state index in [2.05, 4.69) is 10.6 Å². The molecule has 3 rings (SSSR count). The number of carbonyl (C=O) groups excluding carboxylic acids is 2. The molecule has 1 atom stereocenters. The van der Waals surface area contributed by atoms with Crippen molar-refractivity contribution in [2.75, 3.05) is 13.7 Å². The van der Waals surface area contributed by atoms with Gasteiger partial charge in [0.2, 0.25) is 11.8 Å². The number of nitrogens with one attached hydrogen (secondary N) is 2. The van der Waals surface area contributed by atoms with Gasteiger partial charge >= 0.3 is 6.18 Å². The SMILES string of the molecule is COc1cc(C[C@@]2(CCC(=O)NCCc3ccc(C(F)(F)F)cc3)CCC(=O)N2)ccc1F. The molecule has 178 valence electrons. The molecule has 2 amide bonds. The Balaban J connectivity index is 1.52. The van der Waals surface area contributed by atoms with E-state index in [9.17, 15) is 27.2 Å². The summed E-state index contributed by atoms with van der Waals surface area (Å²) in [6.45, 7) is 0.290. The summed E-state index contributed by atoms with van der Waals surface area (Å²) >= 11 is 0. The molecule has 2 aromatic carbocycles. The minimum atomic E-state index is -4.38. The van der Waals surface area contributed by atoms with Gasteiger partial charge in [-0.25, -0.2) is 4.39 Å². The largest absolute Gasteiger partial charge is 0.494 e. The van der Waals surface area contributed by atoms with E-state index in [4.69, 9.17) is 4.74 Å². The Morgan fingerprint density at radius 1 is 1.15 bits per heavy atom. The zero-order valence-electron chi connectivity index (χ0n) is 18.2. The van der Waals surface area contributed by atoms with Crippen molar-refractivity contribution in [1.29, 1.82) is 0 Å². The Hall–Kier alpha value is -3.10. The molecule has 0 unspecified atom stereocenters. The lowest BCUT2D eigenvalue weighted by Gasteiger charge is -2.29. The number of methoxy groups -OCH3 is 1. The number of rotatable bonds is 9. The van der Waals surface area contributed by atoms with Gasteiger partial charge in [-0.3, -0.25) is 9.59 Å². The van der Waals surface area contributed by atoms with Gasteiger partial charge in [0, 0.05) is 24.9 Å². The first kappa shape index (κ1) is 24.5. The van der Waals surface area contributed by atoms with Crippen molar-refractivity contribution in [1.82, 2.24) is 10.6 Å². The molecule has 1 heterocycles. The van der Waals surface area contributed by atoms with E-state index < -0.39 is 23.1 Å². The topological polar surface area (TPSA) is 67.4 Å². The zero-order chi connectivity index (χ0) is 24.1. The first-order valence-corrected chi connectivity index (χ1v) is 10.7. The van der Waals surface area contributed by atoms with Crippen LogP contribution in [0.1, 0.15) is 42.4 Å². The molecule has 0 bridgehead atoms. The van der Waals surface area contributed by atoms with Crippen LogP contribution in [0, 0.1) is 5.82 Å². The first-order valence-electron chi connectivity index (χ1n) is 10.7. The van der Waals surface area contributed by atoms with Gasteiger partial charge in [0.25, 0.3) is 0 Å². The third-order valence-electron chi connectivity index (χ3n) is 5.84. The summed E-state index contributed by atoms with van der Waals surface area (Å²) < 4.78 is 56.6. The van der Waals surface area contributed by atoms with E-state index in [0.717, 1.165) is 17.7 Å². The van der Waals surface area contributed by atoms with Gasteiger partial charge in [0.1, 0.15) is 0 Å². The summed E-state index contributed by atoms with van der Waals surface area (Å²) in [7, 11) is 1.38. The number of alkyl halides is 3. The maximum Gasteiger partial charge on any atom is 0.416 e. The van der Waals surface area contributed by atoms with Crippen LogP contribution in [0.5, 0.6) is 5.75 Å². The van der Waals surface area contributed by atoms with Crippen LogP contribution >= 0.6 is 0 Å². The Morgan fingerprint density at radius 2 is 1.85 bits per heavy atom. The Bertz CT molecular complexity index is 992. The molecule has 33 heavy (non-hydrogen) atoms. The van der Waals surface area contributed by atoms with Crippen LogP contribution in [0.3, 0.4) is 0 Å². The summed E-state index contributed by atoms with van der Waals surface area (Å²) in [5.74, 6) is -0.655. The monoisotopic (exact) mass is 466 g/mol. The lowest BCUT2D eigenvalue weighted by Crippen LogP contribution is -2.44. The molecular weight excluding hydrogens is 440 g/mol. The number of hydrogen-bond donors (Lipinski definition) is 2. The Kier molecular flexibility index (Phi) is 7.61. The van der Waals surface area contributed by atoms with Gasteiger partial charge in [-0.05, 0) is 61.1 Å². The Labute approximate surface area is 189 Å². The predicted octanol–water partition coefficient (Wildman–Crippen LogP) is 4.18. The average molecular weight is 466 g/mol. The Morgan fingerprint density at radius 3 is 2.45 bits per heavy atom. The van der Waals surface area contributed by atoms with Crippen LogP contribution in [-0.2, 0) is 28.6 Å². The standard InChI is InChI=1S/C24H26F4N2O3/c1-33-20-14-17(4-7-19(20)25)15-23(12-9-22(32)30-23)11-8-21(31)29-13-10-16-2-5-18(6-3-16)24(26,27)28/h2-7,14H,8-13,15H2,1H3,(H,29,31)(H,30,32)/t23-/m1/s1. The van der Waals surface area contributed by atoms with Crippen LogP contribution in [-0.4, -0.2) is 31.0 Å². The average Bonchev–Trinajstić information content (AvgIpc) is 3.14. The molecule has 1 saturated heterocycles. The highest BCUT2D eigenvalue weighted by Crippen LogP contribution is 2.31. The van der Waals surface area contributed by atoms with Gasteiger partial charge in [-0.1, -0.05) is 18.2 Å². The lowest BCUT2D eigenvalue weighted by atomic mass is 9.85. The van der Waals surface area contributed by atoms with E-state index in [1.165, 1.54) is 25.3 Å². The molecule has 2 aromatic rings. The van der Waals surface area contributed by atoms with Crippen molar-refractivity contribution < 1.29 is 31.9 Å². The minimum absolute atomic E-state index is 0.0909. The normalized spacial score (nSPS) is 18.2. The van der Waals surface area contributed by atoms with Crippen molar-refractivity contribution >= 4 is 11.8 Å². The number of ether oxygens (including phenoxy) is 1. The predicted molar refractivity (Wildman–Crippen MR) is 114 cm³/mol. The quantitative estimate of drug-likeness (QED) is 0.545. The van der Waals surface area contributed by atoms with Crippen LogP contribution in [0.25, 0.3) is 0 Å². The summed E-state index contributed by atoms with van der Waals surface area (Å²) in [5, 5.41) is 5.75. The second-order valence-electron chi connectivity index (χ2n) is 8.27. The molecule has 5 nitrogen and oxygen atoms in total. The van der Waals surface area contributed by atoms with Crippen LogP contribution in [0.2, 0.25) is 0 Å². The number of benzene rings is 2. The van der Waals surface area contributed by atoms with E-state index in [1.807, 2.05) is 0 Å². The zero-order valence-corrected chi connectivity index (χ0v) is 18.2. The first-order chi connectivity index (χ1) is 15.6. The second kappa shape index (κ2) is 10.2. The van der Waals surface area contributed by atoms with Gasteiger partial charge in [-0.15, -0.1) is 0 Å². The highest BCUT2D eigenvalue weighted by Gasteiger charge is 2.38. The third-order valence-corrected chi connectivity index (χ3v) is 5.84. The van der Waals surface area contributed by atoms with Crippen molar-refractivity contribution in [3.05, 3.63) is 65.0 Å². The molecule has 0 aliphatic carbocycles. The van der Waals surface area contributed by atoms with Gasteiger partial charge in [-0.2, -0.15) is 13.2 Å². The number of hydrogen-bond acceptors (Lipinski definition) is 3. The number of halogens is 4. The molecule has 0 saturated carbocycles. The highest BCUT2D eigenvalue weighted by molar-refractivity contribution is 5.80. The molecule has 0 spiro atoms. The summed E-state index contributed by atoms with van der Waals surface area (Å²) in [5.41, 5.74) is 0.161. The van der Waals surface area contributed by atoms with Crippen LogP contribution in [0.4, 0.5) is 17.6 Å². The fourth-order valence-corrected chi connectivity index (χ4v) is 4.03. The molecule has 1 aliphatic heterocycles. The molecular formula is C24H26F4N2O3. The molecule has 0 aromatic heterocycles. The summed E-state index contributed by atoms with van der Waals surface area (Å²) in [6.07, 6.45) is -2.04. The molecule has 1 aliphatic rings. The smallest absolute Gasteiger partial charge is 0.416 e. The third kappa shape index (κ3) is 6.69. The van der Waals surface area contributed by atoms with Crippen molar-refractivity contribution in [3.63, 3.8) is 0 Å². The van der Waals surface area contributed by atoms with Crippen molar-refractivity contribution in [2.24, 2.45) is 0 Å². The van der Waals surface area contributed by atoms with E-state index in [-0.39, 0.29) is 24.0 Å². The fraction of sp³-hybridized carbons (Fsp3) is 0.417. The van der Waals surface area contributed by atoms with Gasteiger partial charge in [0.15, 0.2) is 11.6 Å². The maximum absolute atomic E-state index is 13.7. The lowest BCUT2D eigenvalue weighted by molar-refractivity contribution is -0.137. The van der Waals surface area contributed by atoms with E-state index in [1.54, 1.807) is 12.1 Å². The van der Waals surface area contributed by atoms with Crippen LogP contribution in [0.15, 0.2) is 42.5 Å². The molecule has 2 N–H and O–H groups in total.